The van der Waals surface area contributed by atoms with E-state index in [4.69, 9.17) is 10.5 Å². The fourth-order valence-corrected chi connectivity index (χ4v) is 1.45. The van der Waals surface area contributed by atoms with Crippen LogP contribution in [0, 0.1) is 5.82 Å². The highest BCUT2D eigenvalue weighted by molar-refractivity contribution is 5.62. The van der Waals surface area contributed by atoms with Crippen molar-refractivity contribution in [2.75, 3.05) is 18.2 Å². The van der Waals surface area contributed by atoms with E-state index in [9.17, 15) is 4.39 Å². The van der Waals surface area contributed by atoms with Crippen LogP contribution in [0.5, 0.6) is 5.75 Å². The average Bonchev–Trinajstić information content (AvgIpc) is 2.35. The minimum atomic E-state index is -0.427. The maximum Gasteiger partial charge on any atom is 0.148 e. The standard InChI is InChI=1S/C13H13FN2O/c1-17-11-5-2-9(3-6-11)16-10-4-7-13(15)12(14)8-10/h2-8,16H,15H2,1H3. The summed E-state index contributed by atoms with van der Waals surface area (Å²) in [5, 5.41) is 3.07. The van der Waals surface area contributed by atoms with Crippen molar-refractivity contribution in [1.29, 1.82) is 0 Å². The van der Waals surface area contributed by atoms with Gasteiger partial charge < -0.3 is 15.8 Å². The third kappa shape index (κ3) is 2.66. The number of halogens is 1. The molecule has 3 N–H and O–H groups in total. The van der Waals surface area contributed by atoms with E-state index in [0.717, 1.165) is 11.4 Å². The van der Waals surface area contributed by atoms with Crippen LogP contribution in [-0.2, 0) is 0 Å². The highest BCUT2D eigenvalue weighted by atomic mass is 19.1. The Bertz CT molecular complexity index is 511. The predicted molar refractivity (Wildman–Crippen MR) is 67.1 cm³/mol. The monoisotopic (exact) mass is 232 g/mol. The van der Waals surface area contributed by atoms with Crippen LogP contribution in [0.25, 0.3) is 0 Å². The van der Waals surface area contributed by atoms with Crippen molar-refractivity contribution in [1.82, 2.24) is 0 Å². The number of hydrogen-bond donors (Lipinski definition) is 2. The molecular weight excluding hydrogens is 219 g/mol. The molecule has 17 heavy (non-hydrogen) atoms. The normalized spacial score (nSPS) is 10.0. The summed E-state index contributed by atoms with van der Waals surface area (Å²) in [6, 6.07) is 12.0. The minimum Gasteiger partial charge on any atom is -0.497 e. The third-order valence-corrected chi connectivity index (χ3v) is 2.38. The zero-order valence-electron chi connectivity index (χ0n) is 9.41. The van der Waals surface area contributed by atoms with E-state index in [1.54, 1.807) is 13.2 Å². The second kappa shape index (κ2) is 4.74. The number of anilines is 3. The first kappa shape index (κ1) is 11.3. The molecule has 0 unspecified atom stereocenters. The second-order valence-electron chi connectivity index (χ2n) is 3.59. The van der Waals surface area contributed by atoms with Gasteiger partial charge in [-0.05, 0) is 42.5 Å². The van der Waals surface area contributed by atoms with Crippen LogP contribution in [0.1, 0.15) is 0 Å². The Morgan fingerprint density at radius 1 is 1.06 bits per heavy atom. The van der Waals surface area contributed by atoms with E-state index < -0.39 is 5.82 Å². The predicted octanol–water partition coefficient (Wildman–Crippen LogP) is 3.16. The van der Waals surface area contributed by atoms with Gasteiger partial charge in [0.15, 0.2) is 0 Å². The highest BCUT2D eigenvalue weighted by Crippen LogP contribution is 2.22. The van der Waals surface area contributed by atoms with Crippen molar-refractivity contribution in [2.24, 2.45) is 0 Å². The Kier molecular flexibility index (Phi) is 3.14. The summed E-state index contributed by atoms with van der Waals surface area (Å²) >= 11 is 0. The van der Waals surface area contributed by atoms with Gasteiger partial charge in [0.1, 0.15) is 11.6 Å². The lowest BCUT2D eigenvalue weighted by molar-refractivity contribution is 0.415. The third-order valence-electron chi connectivity index (χ3n) is 2.38. The molecule has 2 aromatic carbocycles. The first-order valence-electron chi connectivity index (χ1n) is 5.15. The average molecular weight is 232 g/mol. The summed E-state index contributed by atoms with van der Waals surface area (Å²) in [5.74, 6) is 0.350. The van der Waals surface area contributed by atoms with Gasteiger partial charge in [-0.1, -0.05) is 0 Å². The molecule has 2 rings (SSSR count). The fraction of sp³-hybridized carbons (Fsp3) is 0.0769. The van der Waals surface area contributed by atoms with E-state index in [-0.39, 0.29) is 5.69 Å². The number of nitrogens with two attached hydrogens (primary N) is 1. The molecule has 4 heteroatoms. The molecule has 0 bridgehead atoms. The Hall–Kier alpha value is -2.23. The first-order valence-corrected chi connectivity index (χ1v) is 5.15. The number of benzene rings is 2. The van der Waals surface area contributed by atoms with Gasteiger partial charge in [0.25, 0.3) is 0 Å². The van der Waals surface area contributed by atoms with Crippen molar-refractivity contribution in [2.45, 2.75) is 0 Å². The van der Waals surface area contributed by atoms with Crippen LogP contribution in [0.2, 0.25) is 0 Å². The molecule has 0 atom stereocenters. The van der Waals surface area contributed by atoms with E-state index >= 15 is 0 Å². The van der Waals surface area contributed by atoms with Crippen LogP contribution in [0.15, 0.2) is 42.5 Å². The van der Waals surface area contributed by atoms with Crippen LogP contribution in [-0.4, -0.2) is 7.11 Å². The van der Waals surface area contributed by atoms with E-state index in [2.05, 4.69) is 5.32 Å². The molecule has 0 aliphatic heterocycles. The molecule has 0 amide bonds. The Morgan fingerprint density at radius 3 is 2.29 bits per heavy atom. The molecule has 0 aliphatic carbocycles. The molecule has 3 nitrogen and oxygen atoms in total. The molecular formula is C13H13FN2O. The summed E-state index contributed by atoms with van der Waals surface area (Å²) in [6.45, 7) is 0. The lowest BCUT2D eigenvalue weighted by Gasteiger charge is -2.08. The minimum absolute atomic E-state index is 0.144. The van der Waals surface area contributed by atoms with E-state index in [0.29, 0.717) is 5.69 Å². The van der Waals surface area contributed by atoms with Crippen molar-refractivity contribution < 1.29 is 9.13 Å². The van der Waals surface area contributed by atoms with Gasteiger partial charge in [0, 0.05) is 11.4 Å². The van der Waals surface area contributed by atoms with Crippen molar-refractivity contribution in [3.8, 4) is 5.75 Å². The van der Waals surface area contributed by atoms with Crippen LogP contribution >= 0.6 is 0 Å². The van der Waals surface area contributed by atoms with E-state index in [1.165, 1.54) is 12.1 Å². The number of ether oxygens (including phenoxy) is 1. The van der Waals surface area contributed by atoms with Crippen LogP contribution in [0.3, 0.4) is 0 Å². The lowest BCUT2D eigenvalue weighted by Crippen LogP contribution is -1.94. The molecule has 0 heterocycles. The Morgan fingerprint density at radius 2 is 1.71 bits per heavy atom. The van der Waals surface area contributed by atoms with Gasteiger partial charge in [0.05, 0.1) is 12.8 Å². The van der Waals surface area contributed by atoms with E-state index in [1.807, 2.05) is 24.3 Å². The molecule has 0 aromatic heterocycles. The summed E-state index contributed by atoms with van der Waals surface area (Å²) in [7, 11) is 1.61. The van der Waals surface area contributed by atoms with Crippen LogP contribution < -0.4 is 15.8 Å². The smallest absolute Gasteiger partial charge is 0.148 e. The molecule has 0 fully saturated rings. The summed E-state index contributed by atoms with van der Waals surface area (Å²) in [4.78, 5) is 0. The first-order chi connectivity index (χ1) is 8.19. The van der Waals surface area contributed by atoms with Crippen molar-refractivity contribution >= 4 is 17.1 Å². The molecule has 0 saturated carbocycles. The van der Waals surface area contributed by atoms with Gasteiger partial charge in [-0.2, -0.15) is 0 Å². The zero-order chi connectivity index (χ0) is 12.3. The number of rotatable bonds is 3. The molecule has 2 aromatic rings. The topological polar surface area (TPSA) is 47.3 Å². The van der Waals surface area contributed by atoms with Gasteiger partial charge >= 0.3 is 0 Å². The van der Waals surface area contributed by atoms with Gasteiger partial charge in [-0.25, -0.2) is 4.39 Å². The van der Waals surface area contributed by atoms with Gasteiger partial charge in [-0.15, -0.1) is 0 Å². The number of nitrogens with one attached hydrogen (secondary N) is 1. The molecule has 0 radical (unpaired) electrons. The maximum atomic E-state index is 13.2. The quantitative estimate of drug-likeness (QED) is 0.799. The van der Waals surface area contributed by atoms with Crippen LogP contribution in [0.4, 0.5) is 21.5 Å². The molecule has 88 valence electrons. The Balaban J connectivity index is 2.16. The zero-order valence-corrected chi connectivity index (χ0v) is 9.41. The largest absolute Gasteiger partial charge is 0.497 e. The highest BCUT2D eigenvalue weighted by Gasteiger charge is 2.00. The summed E-state index contributed by atoms with van der Waals surface area (Å²) in [6.07, 6.45) is 0. The number of hydrogen-bond acceptors (Lipinski definition) is 3. The summed E-state index contributed by atoms with van der Waals surface area (Å²) in [5.41, 5.74) is 7.06. The van der Waals surface area contributed by atoms with Gasteiger partial charge in [0.2, 0.25) is 0 Å². The number of methoxy groups -OCH3 is 1. The van der Waals surface area contributed by atoms with Gasteiger partial charge in [-0.3, -0.25) is 0 Å². The molecule has 0 spiro atoms. The molecule has 0 saturated heterocycles. The molecule has 0 aliphatic rings. The number of nitrogen functional groups attached to an aromatic ring is 1. The fourth-order valence-electron chi connectivity index (χ4n) is 1.45. The Labute approximate surface area is 99.0 Å². The second-order valence-corrected chi connectivity index (χ2v) is 3.59. The lowest BCUT2D eigenvalue weighted by atomic mass is 10.2. The summed E-state index contributed by atoms with van der Waals surface area (Å²) < 4.78 is 18.3. The van der Waals surface area contributed by atoms with Crippen molar-refractivity contribution in [3.63, 3.8) is 0 Å². The SMILES string of the molecule is COc1ccc(Nc2ccc(N)c(F)c2)cc1. The van der Waals surface area contributed by atoms with Crippen molar-refractivity contribution in [3.05, 3.63) is 48.3 Å². The maximum absolute atomic E-state index is 13.2.